The third-order valence-electron chi connectivity index (χ3n) is 3.23. The van der Waals surface area contributed by atoms with Crippen LogP contribution in [0.1, 0.15) is 19.8 Å². The summed E-state index contributed by atoms with van der Waals surface area (Å²) in [6.45, 7) is 3.46. The van der Waals surface area contributed by atoms with E-state index in [0.717, 1.165) is 19.4 Å². The highest BCUT2D eigenvalue weighted by atomic mass is 16.5. The van der Waals surface area contributed by atoms with Crippen molar-refractivity contribution in [3.63, 3.8) is 0 Å². The summed E-state index contributed by atoms with van der Waals surface area (Å²) in [4.78, 5) is 16.6. The first-order chi connectivity index (χ1) is 10.2. The van der Waals surface area contributed by atoms with Gasteiger partial charge in [-0.1, -0.05) is 0 Å². The molecule has 1 fully saturated rings. The number of aromatic nitrogens is 6. The molecule has 0 radical (unpaired) electrons. The zero-order chi connectivity index (χ0) is 14.7. The molecule has 0 aromatic carbocycles. The van der Waals surface area contributed by atoms with Gasteiger partial charge >= 0.3 is 0 Å². The Morgan fingerprint density at radius 2 is 2.19 bits per heavy atom. The molecule has 10 heteroatoms. The van der Waals surface area contributed by atoms with Crippen molar-refractivity contribution in [1.29, 1.82) is 0 Å². The zero-order valence-corrected chi connectivity index (χ0v) is 11.7. The van der Waals surface area contributed by atoms with Gasteiger partial charge in [0, 0.05) is 6.61 Å². The summed E-state index contributed by atoms with van der Waals surface area (Å²) in [5, 5.41) is 7.29. The number of rotatable bonds is 4. The summed E-state index contributed by atoms with van der Waals surface area (Å²) in [7, 11) is 0. The third-order valence-corrected chi connectivity index (χ3v) is 3.23. The number of hydrogen-bond acceptors (Lipinski definition) is 9. The van der Waals surface area contributed by atoms with Crippen LogP contribution in [0.4, 0.5) is 11.9 Å². The Morgan fingerprint density at radius 1 is 1.33 bits per heavy atom. The lowest BCUT2D eigenvalue weighted by Crippen LogP contribution is -2.43. The first kappa shape index (κ1) is 13.6. The molecular formula is C11H17N9O. The molecule has 0 aliphatic carbocycles. The average molecular weight is 291 g/mol. The summed E-state index contributed by atoms with van der Waals surface area (Å²) < 4.78 is 6.95. The molecule has 0 saturated carbocycles. The van der Waals surface area contributed by atoms with Gasteiger partial charge in [-0.2, -0.15) is 24.7 Å². The Kier molecular flexibility index (Phi) is 3.62. The summed E-state index contributed by atoms with van der Waals surface area (Å²) in [6, 6.07) is 0. The van der Waals surface area contributed by atoms with Crippen LogP contribution in [-0.4, -0.2) is 48.5 Å². The van der Waals surface area contributed by atoms with E-state index in [2.05, 4.69) is 42.7 Å². The van der Waals surface area contributed by atoms with E-state index in [-0.39, 0.29) is 11.5 Å². The number of nitrogens with zero attached hydrogens (tertiary/aromatic N) is 6. The number of hydrazine groups is 1. The molecule has 2 aromatic rings. The second-order valence-electron chi connectivity index (χ2n) is 5.11. The lowest BCUT2D eigenvalue weighted by atomic mass is 9.95. The molecule has 112 valence electrons. The highest BCUT2D eigenvalue weighted by molar-refractivity contribution is 5.38. The standard InChI is InChI=1S/C11H17N9O/c1-11(3-2-4-21-5-11)18-8-15-9(19-12)17-10(16-8)20-7-13-6-14-20/h6-7H,2-5,12H2,1H3,(H2,15,16,17,18,19). The van der Waals surface area contributed by atoms with Crippen molar-refractivity contribution in [1.82, 2.24) is 29.7 Å². The number of nitrogens with two attached hydrogens (primary N) is 1. The molecule has 1 unspecified atom stereocenters. The van der Waals surface area contributed by atoms with Gasteiger partial charge < -0.3 is 10.1 Å². The molecule has 1 aliphatic heterocycles. The predicted molar refractivity (Wildman–Crippen MR) is 74.6 cm³/mol. The maximum absolute atomic E-state index is 5.51. The molecule has 1 saturated heterocycles. The van der Waals surface area contributed by atoms with Gasteiger partial charge in [0.15, 0.2) is 0 Å². The molecule has 1 aliphatic rings. The van der Waals surface area contributed by atoms with Gasteiger partial charge in [0.2, 0.25) is 11.9 Å². The monoisotopic (exact) mass is 291 g/mol. The summed E-state index contributed by atoms with van der Waals surface area (Å²) >= 11 is 0. The maximum atomic E-state index is 5.51. The Bertz CT molecular complexity index is 594. The summed E-state index contributed by atoms with van der Waals surface area (Å²) in [5.74, 6) is 6.40. The first-order valence-electron chi connectivity index (χ1n) is 6.62. The summed E-state index contributed by atoms with van der Waals surface area (Å²) in [6.07, 6.45) is 4.88. The van der Waals surface area contributed by atoms with Crippen LogP contribution in [0.15, 0.2) is 12.7 Å². The highest BCUT2D eigenvalue weighted by Gasteiger charge is 2.28. The smallest absolute Gasteiger partial charge is 0.258 e. The fourth-order valence-electron chi connectivity index (χ4n) is 2.20. The Morgan fingerprint density at radius 3 is 2.86 bits per heavy atom. The zero-order valence-electron chi connectivity index (χ0n) is 11.7. The minimum absolute atomic E-state index is 0.217. The van der Waals surface area contributed by atoms with E-state index >= 15 is 0 Å². The SMILES string of the molecule is CC1(Nc2nc(NN)nc(-n3cncn3)n2)CCCOC1. The number of ether oxygens (including phenoxy) is 1. The van der Waals surface area contributed by atoms with Crippen LogP contribution in [0.5, 0.6) is 0 Å². The predicted octanol–water partition coefficient (Wildman–Crippen LogP) is -0.281. The lowest BCUT2D eigenvalue weighted by Gasteiger charge is -2.34. The van der Waals surface area contributed by atoms with Gasteiger partial charge in [0.25, 0.3) is 5.95 Å². The van der Waals surface area contributed by atoms with Crippen LogP contribution in [0.3, 0.4) is 0 Å². The van der Waals surface area contributed by atoms with Crippen LogP contribution in [-0.2, 0) is 4.74 Å². The largest absolute Gasteiger partial charge is 0.379 e. The molecule has 0 spiro atoms. The van der Waals surface area contributed by atoms with E-state index in [4.69, 9.17) is 10.6 Å². The minimum Gasteiger partial charge on any atom is -0.379 e. The summed E-state index contributed by atoms with van der Waals surface area (Å²) in [5.41, 5.74) is 2.21. The van der Waals surface area contributed by atoms with Gasteiger partial charge in [0.05, 0.1) is 12.1 Å². The van der Waals surface area contributed by atoms with Crippen LogP contribution in [0, 0.1) is 0 Å². The van der Waals surface area contributed by atoms with Gasteiger partial charge in [-0.3, -0.25) is 5.43 Å². The van der Waals surface area contributed by atoms with Crippen LogP contribution >= 0.6 is 0 Å². The molecule has 21 heavy (non-hydrogen) atoms. The van der Waals surface area contributed by atoms with Crippen molar-refractivity contribution >= 4 is 11.9 Å². The van der Waals surface area contributed by atoms with Crippen molar-refractivity contribution in [2.45, 2.75) is 25.3 Å². The maximum Gasteiger partial charge on any atom is 0.258 e. The second kappa shape index (κ2) is 5.58. The Balaban J connectivity index is 1.89. The van der Waals surface area contributed by atoms with Gasteiger partial charge in [-0.25, -0.2) is 10.8 Å². The average Bonchev–Trinajstić information content (AvgIpc) is 3.01. The Hall–Kier alpha value is -2.33. The molecule has 3 heterocycles. The lowest BCUT2D eigenvalue weighted by molar-refractivity contribution is 0.0537. The van der Waals surface area contributed by atoms with Gasteiger partial charge in [0.1, 0.15) is 12.7 Å². The van der Waals surface area contributed by atoms with Crippen molar-refractivity contribution in [3.8, 4) is 5.95 Å². The van der Waals surface area contributed by atoms with Crippen LogP contribution in [0.2, 0.25) is 0 Å². The molecule has 4 N–H and O–H groups in total. The van der Waals surface area contributed by atoms with Crippen molar-refractivity contribution < 1.29 is 4.74 Å². The van der Waals surface area contributed by atoms with E-state index in [9.17, 15) is 0 Å². The molecule has 2 aromatic heterocycles. The normalized spacial score (nSPS) is 22.0. The van der Waals surface area contributed by atoms with E-state index < -0.39 is 0 Å². The molecule has 10 nitrogen and oxygen atoms in total. The van der Waals surface area contributed by atoms with E-state index in [1.807, 2.05) is 0 Å². The number of nitrogens with one attached hydrogen (secondary N) is 2. The Labute approximate surface area is 121 Å². The molecule has 0 amide bonds. The van der Waals surface area contributed by atoms with Gasteiger partial charge in [-0.15, -0.1) is 0 Å². The van der Waals surface area contributed by atoms with Crippen LogP contribution in [0.25, 0.3) is 5.95 Å². The second-order valence-corrected chi connectivity index (χ2v) is 5.11. The van der Waals surface area contributed by atoms with Crippen LogP contribution < -0.4 is 16.6 Å². The fraction of sp³-hybridized carbons (Fsp3) is 0.545. The topological polar surface area (TPSA) is 129 Å². The molecule has 0 bridgehead atoms. The number of hydrogen-bond donors (Lipinski definition) is 3. The van der Waals surface area contributed by atoms with E-state index in [0.29, 0.717) is 18.5 Å². The molecule has 3 rings (SSSR count). The number of nitrogen functional groups attached to an aromatic ring is 1. The van der Waals surface area contributed by atoms with Gasteiger partial charge in [-0.05, 0) is 19.8 Å². The van der Waals surface area contributed by atoms with Crippen molar-refractivity contribution in [2.24, 2.45) is 5.84 Å². The fourth-order valence-corrected chi connectivity index (χ4v) is 2.20. The van der Waals surface area contributed by atoms with Crippen molar-refractivity contribution in [2.75, 3.05) is 24.0 Å². The number of anilines is 2. The van der Waals surface area contributed by atoms with E-state index in [1.54, 1.807) is 0 Å². The first-order valence-corrected chi connectivity index (χ1v) is 6.62. The van der Waals surface area contributed by atoms with Crippen molar-refractivity contribution in [3.05, 3.63) is 12.7 Å². The quantitative estimate of drug-likeness (QED) is 0.514. The molecule has 1 atom stereocenters. The minimum atomic E-state index is -0.217. The van der Waals surface area contributed by atoms with E-state index in [1.165, 1.54) is 17.3 Å². The highest BCUT2D eigenvalue weighted by Crippen LogP contribution is 2.22. The third kappa shape index (κ3) is 3.06. The molecular weight excluding hydrogens is 274 g/mol.